The van der Waals surface area contributed by atoms with Crippen molar-refractivity contribution in [3.8, 4) is 6.07 Å². The van der Waals surface area contributed by atoms with Gasteiger partial charge in [-0.2, -0.15) is 5.26 Å². The van der Waals surface area contributed by atoms with Crippen molar-refractivity contribution in [1.29, 1.82) is 5.26 Å². The number of hydrogen-bond donors (Lipinski definition) is 1. The fourth-order valence-corrected chi connectivity index (χ4v) is 3.70. The molecule has 0 amide bonds. The van der Waals surface area contributed by atoms with E-state index in [9.17, 15) is 10.4 Å². The van der Waals surface area contributed by atoms with Crippen LogP contribution >= 0.6 is 11.8 Å². The molecule has 2 atom stereocenters. The average molecular weight is 290 g/mol. The van der Waals surface area contributed by atoms with E-state index in [1.807, 2.05) is 25.2 Å². The SMILES string of the molecule is CCSc1cccc(N(C)C2CCCCC2O)c1C#N. The zero-order valence-corrected chi connectivity index (χ0v) is 13.0. The third-order valence-corrected chi connectivity index (χ3v) is 4.93. The van der Waals surface area contributed by atoms with Crippen molar-refractivity contribution in [3.05, 3.63) is 23.8 Å². The Labute approximate surface area is 125 Å². The summed E-state index contributed by atoms with van der Waals surface area (Å²) in [5, 5.41) is 19.7. The molecule has 0 bridgehead atoms. The molecule has 1 aliphatic carbocycles. The molecule has 0 heterocycles. The van der Waals surface area contributed by atoms with Crippen molar-refractivity contribution >= 4 is 17.4 Å². The minimum Gasteiger partial charge on any atom is -0.391 e. The Morgan fingerprint density at radius 2 is 2.15 bits per heavy atom. The van der Waals surface area contributed by atoms with Crippen LogP contribution in [0.25, 0.3) is 0 Å². The Balaban J connectivity index is 2.31. The largest absolute Gasteiger partial charge is 0.391 e. The number of aliphatic hydroxyl groups is 1. The van der Waals surface area contributed by atoms with E-state index in [1.54, 1.807) is 11.8 Å². The van der Waals surface area contributed by atoms with E-state index in [4.69, 9.17) is 0 Å². The van der Waals surface area contributed by atoms with Gasteiger partial charge >= 0.3 is 0 Å². The highest BCUT2D eigenvalue weighted by Crippen LogP contribution is 2.33. The van der Waals surface area contributed by atoms with Gasteiger partial charge in [-0.3, -0.25) is 0 Å². The highest BCUT2D eigenvalue weighted by atomic mass is 32.2. The lowest BCUT2D eigenvalue weighted by atomic mass is 9.91. The zero-order valence-electron chi connectivity index (χ0n) is 12.2. The Morgan fingerprint density at radius 1 is 1.40 bits per heavy atom. The molecule has 1 aliphatic rings. The highest BCUT2D eigenvalue weighted by molar-refractivity contribution is 7.99. The predicted octanol–water partition coefficient (Wildman–Crippen LogP) is 3.41. The number of likely N-dealkylation sites (N-methyl/N-ethyl adjacent to an activating group) is 1. The van der Waals surface area contributed by atoms with Gasteiger partial charge in [0, 0.05) is 11.9 Å². The first-order chi connectivity index (χ1) is 9.69. The van der Waals surface area contributed by atoms with Gasteiger partial charge in [-0.05, 0) is 30.7 Å². The first kappa shape index (κ1) is 15.2. The van der Waals surface area contributed by atoms with Gasteiger partial charge < -0.3 is 10.0 Å². The summed E-state index contributed by atoms with van der Waals surface area (Å²) in [5.41, 5.74) is 1.68. The summed E-state index contributed by atoms with van der Waals surface area (Å²) in [6.45, 7) is 2.09. The van der Waals surface area contributed by atoms with Gasteiger partial charge in [-0.15, -0.1) is 11.8 Å². The molecule has 20 heavy (non-hydrogen) atoms. The van der Waals surface area contributed by atoms with Crippen LogP contribution in [0.3, 0.4) is 0 Å². The maximum atomic E-state index is 10.2. The maximum absolute atomic E-state index is 10.2. The Bertz CT molecular complexity index is 498. The standard InChI is InChI=1S/C16H22N2OS/c1-3-20-16-10-6-8-13(12(16)11-17)18(2)14-7-4-5-9-15(14)19/h6,8,10,14-15,19H,3-5,7,9H2,1-2H3. The van der Waals surface area contributed by atoms with Crippen LogP contribution < -0.4 is 4.90 Å². The molecule has 1 aromatic carbocycles. The minimum atomic E-state index is -0.289. The molecule has 3 nitrogen and oxygen atoms in total. The summed E-state index contributed by atoms with van der Waals surface area (Å²) in [6, 6.07) is 8.45. The van der Waals surface area contributed by atoms with Gasteiger partial charge in [0.05, 0.1) is 23.4 Å². The smallest absolute Gasteiger partial charge is 0.103 e. The monoisotopic (exact) mass is 290 g/mol. The van der Waals surface area contributed by atoms with Crippen LogP contribution in [-0.4, -0.2) is 30.1 Å². The number of anilines is 1. The molecule has 1 aromatic rings. The molecule has 1 N–H and O–H groups in total. The van der Waals surface area contributed by atoms with Crippen LogP contribution in [0.15, 0.2) is 23.1 Å². The van der Waals surface area contributed by atoms with Crippen LogP contribution in [0.1, 0.15) is 38.2 Å². The van der Waals surface area contributed by atoms with Crippen molar-refractivity contribution in [3.63, 3.8) is 0 Å². The van der Waals surface area contributed by atoms with Crippen molar-refractivity contribution in [2.45, 2.75) is 49.6 Å². The predicted molar refractivity (Wildman–Crippen MR) is 84.2 cm³/mol. The molecule has 2 rings (SSSR count). The van der Waals surface area contributed by atoms with E-state index in [2.05, 4.69) is 17.9 Å². The first-order valence-electron chi connectivity index (χ1n) is 7.25. The van der Waals surface area contributed by atoms with Gasteiger partial charge in [0.25, 0.3) is 0 Å². The molecule has 1 fully saturated rings. The van der Waals surface area contributed by atoms with Crippen LogP contribution in [0.5, 0.6) is 0 Å². The van der Waals surface area contributed by atoms with E-state index < -0.39 is 0 Å². The van der Waals surface area contributed by atoms with Crippen molar-refractivity contribution < 1.29 is 5.11 Å². The number of benzene rings is 1. The molecule has 0 aliphatic heterocycles. The fraction of sp³-hybridized carbons (Fsp3) is 0.562. The van der Waals surface area contributed by atoms with Crippen molar-refractivity contribution in [2.75, 3.05) is 17.7 Å². The Morgan fingerprint density at radius 3 is 2.80 bits per heavy atom. The molecule has 2 unspecified atom stereocenters. The van der Waals surface area contributed by atoms with Crippen LogP contribution in [0, 0.1) is 11.3 Å². The second-order valence-electron chi connectivity index (χ2n) is 5.23. The number of aliphatic hydroxyl groups excluding tert-OH is 1. The molecular weight excluding hydrogens is 268 g/mol. The summed E-state index contributed by atoms with van der Waals surface area (Å²) < 4.78 is 0. The summed E-state index contributed by atoms with van der Waals surface area (Å²) in [4.78, 5) is 3.13. The summed E-state index contributed by atoms with van der Waals surface area (Å²) in [5.74, 6) is 0.952. The van der Waals surface area contributed by atoms with Crippen molar-refractivity contribution in [1.82, 2.24) is 0 Å². The molecule has 108 valence electrons. The van der Waals surface area contributed by atoms with E-state index in [0.29, 0.717) is 0 Å². The lowest BCUT2D eigenvalue weighted by molar-refractivity contribution is 0.106. The second-order valence-corrected chi connectivity index (χ2v) is 6.53. The number of rotatable bonds is 4. The molecule has 0 saturated heterocycles. The number of hydrogen-bond acceptors (Lipinski definition) is 4. The van der Waals surface area contributed by atoms with Gasteiger partial charge in [0.1, 0.15) is 6.07 Å². The summed E-state index contributed by atoms with van der Waals surface area (Å²) in [7, 11) is 2.00. The zero-order chi connectivity index (χ0) is 14.5. The average Bonchev–Trinajstić information content (AvgIpc) is 2.47. The van der Waals surface area contributed by atoms with E-state index >= 15 is 0 Å². The van der Waals surface area contributed by atoms with E-state index in [-0.39, 0.29) is 12.1 Å². The number of thioether (sulfide) groups is 1. The molecule has 0 spiro atoms. The lowest BCUT2D eigenvalue weighted by Gasteiger charge is -2.37. The van der Waals surface area contributed by atoms with Crippen LogP contribution in [-0.2, 0) is 0 Å². The topological polar surface area (TPSA) is 47.3 Å². The molecular formula is C16H22N2OS. The normalized spacial score (nSPS) is 22.3. The molecule has 0 aromatic heterocycles. The Hall–Kier alpha value is -1.18. The number of nitrogens with zero attached hydrogens (tertiary/aromatic N) is 2. The van der Waals surface area contributed by atoms with Crippen LogP contribution in [0.4, 0.5) is 5.69 Å². The maximum Gasteiger partial charge on any atom is 0.103 e. The first-order valence-corrected chi connectivity index (χ1v) is 8.24. The summed E-state index contributed by atoms with van der Waals surface area (Å²) in [6.07, 6.45) is 3.82. The highest BCUT2D eigenvalue weighted by Gasteiger charge is 2.28. The van der Waals surface area contributed by atoms with Gasteiger partial charge in [0.2, 0.25) is 0 Å². The van der Waals surface area contributed by atoms with Gasteiger partial charge in [0.15, 0.2) is 0 Å². The van der Waals surface area contributed by atoms with E-state index in [1.165, 1.54) is 0 Å². The molecule has 4 heteroatoms. The minimum absolute atomic E-state index is 0.123. The fourth-order valence-electron chi connectivity index (χ4n) is 2.92. The van der Waals surface area contributed by atoms with Crippen LogP contribution in [0.2, 0.25) is 0 Å². The quantitative estimate of drug-likeness (QED) is 0.863. The summed E-state index contributed by atoms with van der Waals surface area (Å²) >= 11 is 1.69. The van der Waals surface area contributed by atoms with E-state index in [0.717, 1.165) is 47.6 Å². The lowest BCUT2D eigenvalue weighted by Crippen LogP contribution is -2.43. The second kappa shape index (κ2) is 7.01. The molecule has 1 saturated carbocycles. The Kier molecular flexibility index (Phi) is 5.33. The number of nitriles is 1. The molecule has 0 radical (unpaired) electrons. The third kappa shape index (κ3) is 3.11. The van der Waals surface area contributed by atoms with Gasteiger partial charge in [-0.1, -0.05) is 25.8 Å². The third-order valence-electron chi connectivity index (χ3n) is 3.99. The van der Waals surface area contributed by atoms with Gasteiger partial charge in [-0.25, -0.2) is 0 Å². The van der Waals surface area contributed by atoms with Crippen molar-refractivity contribution in [2.24, 2.45) is 0 Å².